The van der Waals surface area contributed by atoms with Crippen molar-refractivity contribution in [2.75, 3.05) is 5.32 Å². The molecule has 2 aromatic heterocycles. The average Bonchev–Trinajstić information content (AvgIpc) is 3.46. The molecule has 6 nitrogen and oxygen atoms in total. The lowest BCUT2D eigenvalue weighted by atomic mass is 10.1. The number of nitrogens with zero attached hydrogens (tertiary/aromatic N) is 4. The maximum atomic E-state index is 12.0. The van der Waals surface area contributed by atoms with Gasteiger partial charge in [0.25, 0.3) is 0 Å². The van der Waals surface area contributed by atoms with Gasteiger partial charge in [-0.15, -0.1) is 11.3 Å². The van der Waals surface area contributed by atoms with Gasteiger partial charge >= 0.3 is 0 Å². The number of Topliss-reactive ketones (excluding diaryl/α,β-unsaturated/α-hetero) is 1. The van der Waals surface area contributed by atoms with E-state index in [1.165, 1.54) is 11.8 Å². The Morgan fingerprint density at radius 3 is 2.60 bits per heavy atom. The first kappa shape index (κ1) is 20.9. The summed E-state index contributed by atoms with van der Waals surface area (Å²) in [5.41, 5.74) is 1.06. The summed E-state index contributed by atoms with van der Waals surface area (Å²) in [5, 5.41) is 4.63. The highest BCUT2D eigenvalue weighted by Crippen LogP contribution is 2.32. The molecule has 0 bridgehead atoms. The normalized spacial score (nSPS) is 13.6. The van der Waals surface area contributed by atoms with Gasteiger partial charge in [-0.05, 0) is 55.1 Å². The first-order valence-corrected chi connectivity index (χ1v) is 11.8. The molecule has 1 saturated carbocycles. The molecule has 0 aliphatic heterocycles. The van der Waals surface area contributed by atoms with Crippen LogP contribution in [0, 0.1) is 18.8 Å². The molecule has 30 heavy (non-hydrogen) atoms. The number of anilines is 2. The number of carbonyl (C=O) groups excluding carboxylic acids is 1. The Labute approximate surface area is 185 Å². The summed E-state index contributed by atoms with van der Waals surface area (Å²) < 4.78 is 0. The number of ketones is 1. The van der Waals surface area contributed by atoms with Crippen LogP contribution in [0.1, 0.15) is 43.0 Å². The minimum Gasteiger partial charge on any atom is -0.300 e. The number of nitrogens with one attached hydrogen (secondary N) is 1. The second-order valence-electron chi connectivity index (χ2n) is 8.02. The first-order valence-electron chi connectivity index (χ1n) is 10.2. The van der Waals surface area contributed by atoms with E-state index in [4.69, 9.17) is 0 Å². The summed E-state index contributed by atoms with van der Waals surface area (Å²) in [6.07, 6.45) is 5.25. The van der Waals surface area contributed by atoms with Gasteiger partial charge in [0.15, 0.2) is 10.3 Å². The van der Waals surface area contributed by atoms with E-state index in [1.807, 2.05) is 37.4 Å². The van der Waals surface area contributed by atoms with Crippen LogP contribution in [0.4, 0.5) is 11.1 Å². The van der Waals surface area contributed by atoms with Gasteiger partial charge in [0.05, 0.1) is 0 Å². The zero-order chi connectivity index (χ0) is 21.1. The van der Waals surface area contributed by atoms with Crippen molar-refractivity contribution in [3.63, 3.8) is 0 Å². The second kappa shape index (κ2) is 9.22. The molecular weight excluding hydrogens is 414 g/mol. The SMILES string of the molecule is Cc1cnc(Nc2nc(CC(C)C)nc(Sc3ccc(CC(=O)C4CC4)cc3)n2)s1. The number of aromatic nitrogens is 4. The molecule has 1 fully saturated rings. The Morgan fingerprint density at radius 2 is 1.97 bits per heavy atom. The molecule has 3 aromatic rings. The van der Waals surface area contributed by atoms with E-state index in [1.54, 1.807) is 11.3 Å². The highest BCUT2D eigenvalue weighted by atomic mass is 32.2. The number of thiazole rings is 1. The number of rotatable bonds is 9. The van der Waals surface area contributed by atoms with Gasteiger partial charge in [-0.2, -0.15) is 9.97 Å². The first-order chi connectivity index (χ1) is 14.4. The van der Waals surface area contributed by atoms with Crippen LogP contribution in [-0.2, 0) is 17.6 Å². The molecular formula is C22H25N5OS2. The number of hydrogen-bond acceptors (Lipinski definition) is 8. The smallest absolute Gasteiger partial charge is 0.233 e. The third-order valence-corrected chi connectivity index (χ3v) is 6.34. The largest absolute Gasteiger partial charge is 0.300 e. The zero-order valence-corrected chi connectivity index (χ0v) is 19.0. The van der Waals surface area contributed by atoms with Crippen molar-refractivity contribution in [3.8, 4) is 0 Å². The maximum absolute atomic E-state index is 12.0. The lowest BCUT2D eigenvalue weighted by Gasteiger charge is -2.09. The predicted molar refractivity (Wildman–Crippen MR) is 121 cm³/mol. The molecule has 0 radical (unpaired) electrons. The fourth-order valence-corrected chi connectivity index (χ4v) is 4.42. The molecule has 0 unspecified atom stereocenters. The van der Waals surface area contributed by atoms with E-state index >= 15 is 0 Å². The molecule has 0 atom stereocenters. The molecule has 1 aromatic carbocycles. The lowest BCUT2D eigenvalue weighted by molar-refractivity contribution is -0.119. The van der Waals surface area contributed by atoms with Crippen LogP contribution in [0.5, 0.6) is 0 Å². The van der Waals surface area contributed by atoms with Gasteiger partial charge in [-0.1, -0.05) is 26.0 Å². The summed E-state index contributed by atoms with van der Waals surface area (Å²) in [5.74, 6) is 2.40. The van der Waals surface area contributed by atoms with Crippen LogP contribution >= 0.6 is 23.1 Å². The van der Waals surface area contributed by atoms with Gasteiger partial charge < -0.3 is 0 Å². The quantitative estimate of drug-likeness (QED) is 0.487. The standard InChI is InChI=1S/C22H25N5OS2/c1-13(2)10-19-24-20(26-21-23-12-14(3)29-21)27-22(25-19)30-17-8-4-15(5-9-17)11-18(28)16-6-7-16/h4-5,8-9,12-13,16H,6-7,10-11H2,1-3H3,(H,23,24,25,26,27). The fraction of sp³-hybridized carbons (Fsp3) is 0.409. The van der Waals surface area contributed by atoms with Crippen molar-refractivity contribution in [3.05, 3.63) is 46.7 Å². The number of aryl methyl sites for hydroxylation is 1. The second-order valence-corrected chi connectivity index (χ2v) is 10.3. The van der Waals surface area contributed by atoms with Crippen molar-refractivity contribution in [1.29, 1.82) is 0 Å². The molecule has 1 aliphatic carbocycles. The topological polar surface area (TPSA) is 80.7 Å². The Hall–Kier alpha value is -2.32. The Morgan fingerprint density at radius 1 is 1.20 bits per heavy atom. The number of carbonyl (C=O) groups is 1. The molecule has 0 saturated heterocycles. The molecule has 1 N–H and O–H groups in total. The lowest BCUT2D eigenvalue weighted by Crippen LogP contribution is -2.07. The third kappa shape index (κ3) is 5.86. The van der Waals surface area contributed by atoms with Crippen molar-refractivity contribution < 1.29 is 4.79 Å². The van der Waals surface area contributed by atoms with Crippen molar-refractivity contribution >= 4 is 40.0 Å². The van der Waals surface area contributed by atoms with Gasteiger partial charge in [0.2, 0.25) is 5.95 Å². The summed E-state index contributed by atoms with van der Waals surface area (Å²) in [7, 11) is 0. The van der Waals surface area contributed by atoms with Crippen LogP contribution < -0.4 is 5.32 Å². The Bertz CT molecular complexity index is 1030. The summed E-state index contributed by atoms with van der Waals surface area (Å²) in [6.45, 7) is 6.31. The van der Waals surface area contributed by atoms with Crippen molar-refractivity contribution in [2.45, 2.75) is 56.5 Å². The molecule has 2 heterocycles. The molecule has 1 aliphatic rings. The van der Waals surface area contributed by atoms with E-state index < -0.39 is 0 Å². The van der Waals surface area contributed by atoms with Crippen LogP contribution in [0.2, 0.25) is 0 Å². The Kier molecular flexibility index (Phi) is 6.43. The summed E-state index contributed by atoms with van der Waals surface area (Å²) >= 11 is 3.07. The van der Waals surface area contributed by atoms with Crippen LogP contribution in [0.15, 0.2) is 40.5 Å². The molecule has 0 amide bonds. The van der Waals surface area contributed by atoms with Crippen LogP contribution in [-0.4, -0.2) is 25.7 Å². The maximum Gasteiger partial charge on any atom is 0.233 e. The average molecular weight is 440 g/mol. The van der Waals surface area contributed by atoms with Gasteiger partial charge in [0, 0.05) is 34.7 Å². The van der Waals surface area contributed by atoms with Gasteiger partial charge in [-0.25, -0.2) is 9.97 Å². The molecule has 156 valence electrons. The molecule has 8 heteroatoms. The zero-order valence-electron chi connectivity index (χ0n) is 17.4. The highest BCUT2D eigenvalue weighted by Gasteiger charge is 2.29. The minimum atomic E-state index is 0.302. The van der Waals surface area contributed by atoms with Crippen molar-refractivity contribution in [2.24, 2.45) is 11.8 Å². The van der Waals surface area contributed by atoms with E-state index in [-0.39, 0.29) is 0 Å². The third-order valence-electron chi connectivity index (χ3n) is 4.64. The van der Waals surface area contributed by atoms with E-state index in [9.17, 15) is 4.79 Å². The molecule has 4 rings (SSSR count). The number of hydrogen-bond donors (Lipinski definition) is 1. The van der Waals surface area contributed by atoms with Crippen LogP contribution in [0.25, 0.3) is 0 Å². The summed E-state index contributed by atoms with van der Waals surface area (Å²) in [4.78, 5) is 32.3. The van der Waals surface area contributed by atoms with E-state index in [2.05, 4.69) is 39.1 Å². The predicted octanol–water partition coefficient (Wildman–Crippen LogP) is 5.25. The van der Waals surface area contributed by atoms with Crippen LogP contribution in [0.3, 0.4) is 0 Å². The van der Waals surface area contributed by atoms with E-state index in [0.29, 0.717) is 35.1 Å². The number of benzene rings is 1. The minimum absolute atomic E-state index is 0.302. The fourth-order valence-electron chi connectivity index (χ4n) is 3.00. The highest BCUT2D eigenvalue weighted by molar-refractivity contribution is 7.99. The monoisotopic (exact) mass is 439 g/mol. The Balaban J connectivity index is 1.50. The van der Waals surface area contributed by atoms with Gasteiger partial charge in [0.1, 0.15) is 11.6 Å². The van der Waals surface area contributed by atoms with Crippen molar-refractivity contribution in [1.82, 2.24) is 19.9 Å². The van der Waals surface area contributed by atoms with Gasteiger partial charge in [-0.3, -0.25) is 10.1 Å². The molecule has 0 spiro atoms. The van der Waals surface area contributed by atoms with E-state index in [0.717, 1.165) is 45.6 Å². The summed E-state index contributed by atoms with van der Waals surface area (Å²) in [6, 6.07) is 8.11.